The number of carbonyl (C=O) groups excluding carboxylic acids is 1. The van der Waals surface area contributed by atoms with Crippen molar-refractivity contribution < 1.29 is 9.72 Å². The standard InChI is InChI=1S/C24H26N2O3/c1-16-2-6-20(7-3-16)25-22(27)24-13-17-10-18(14-24)12-23(11-17,15-24)19-4-8-21(9-5-19)26(28)29/h2-9,17-18H,10-15H2,1H3,(H,25,27). The fourth-order valence-corrected chi connectivity index (χ4v) is 6.70. The van der Waals surface area contributed by atoms with Gasteiger partial charge in [0, 0.05) is 17.8 Å². The van der Waals surface area contributed by atoms with Crippen LogP contribution in [0.15, 0.2) is 48.5 Å². The van der Waals surface area contributed by atoms with Gasteiger partial charge in [0.25, 0.3) is 5.69 Å². The van der Waals surface area contributed by atoms with Gasteiger partial charge in [0.1, 0.15) is 0 Å². The lowest BCUT2D eigenvalue weighted by molar-refractivity contribution is -0.384. The van der Waals surface area contributed by atoms with Crippen LogP contribution in [0, 0.1) is 34.3 Å². The van der Waals surface area contributed by atoms with Gasteiger partial charge in [0.15, 0.2) is 0 Å². The second-order valence-corrected chi connectivity index (χ2v) is 9.65. The van der Waals surface area contributed by atoms with Crippen molar-refractivity contribution in [2.45, 2.75) is 50.9 Å². The summed E-state index contributed by atoms with van der Waals surface area (Å²) in [5.41, 5.74) is 2.99. The molecule has 5 nitrogen and oxygen atoms in total. The van der Waals surface area contributed by atoms with Crippen molar-refractivity contribution in [2.24, 2.45) is 17.3 Å². The number of nitrogens with one attached hydrogen (secondary N) is 1. The number of nitro benzene ring substituents is 1. The molecule has 0 radical (unpaired) electrons. The Morgan fingerprint density at radius 2 is 1.62 bits per heavy atom. The highest BCUT2D eigenvalue weighted by Crippen LogP contribution is 2.66. The molecule has 4 fully saturated rings. The number of aryl methyl sites for hydroxylation is 1. The quantitative estimate of drug-likeness (QED) is 0.563. The summed E-state index contributed by atoms with van der Waals surface area (Å²) in [7, 11) is 0. The summed E-state index contributed by atoms with van der Waals surface area (Å²) in [6, 6.07) is 15.1. The lowest BCUT2D eigenvalue weighted by Crippen LogP contribution is -2.57. The van der Waals surface area contributed by atoms with E-state index in [1.165, 1.54) is 17.5 Å². The van der Waals surface area contributed by atoms with Gasteiger partial charge in [-0.05, 0) is 80.4 Å². The van der Waals surface area contributed by atoms with Gasteiger partial charge in [-0.3, -0.25) is 14.9 Å². The van der Waals surface area contributed by atoms with Crippen LogP contribution in [0.4, 0.5) is 11.4 Å². The Labute approximate surface area is 170 Å². The van der Waals surface area contributed by atoms with Crippen molar-refractivity contribution in [3.63, 3.8) is 0 Å². The van der Waals surface area contributed by atoms with E-state index >= 15 is 0 Å². The lowest BCUT2D eigenvalue weighted by Gasteiger charge is -2.61. The molecule has 5 heteroatoms. The molecule has 1 amide bonds. The number of benzene rings is 2. The number of amides is 1. The van der Waals surface area contributed by atoms with Crippen LogP contribution in [0.1, 0.15) is 49.7 Å². The minimum Gasteiger partial charge on any atom is -0.326 e. The van der Waals surface area contributed by atoms with Gasteiger partial charge in [0.2, 0.25) is 5.91 Å². The SMILES string of the molecule is Cc1ccc(NC(=O)C23CC4CC(C2)CC(c2ccc([N+](=O)[O-])cc2)(C4)C3)cc1. The summed E-state index contributed by atoms with van der Waals surface area (Å²) in [5, 5.41) is 14.2. The number of carbonyl (C=O) groups is 1. The van der Waals surface area contributed by atoms with Crippen LogP contribution in [0.2, 0.25) is 0 Å². The van der Waals surface area contributed by atoms with E-state index in [2.05, 4.69) is 5.32 Å². The van der Waals surface area contributed by atoms with E-state index in [0.29, 0.717) is 11.8 Å². The number of nitro groups is 1. The average Bonchev–Trinajstić information content (AvgIpc) is 2.69. The zero-order valence-electron chi connectivity index (χ0n) is 16.7. The molecule has 2 unspecified atom stereocenters. The highest BCUT2D eigenvalue weighted by molar-refractivity contribution is 5.95. The second-order valence-electron chi connectivity index (χ2n) is 9.65. The number of nitrogens with zero attached hydrogens (tertiary/aromatic N) is 1. The predicted octanol–water partition coefficient (Wildman–Crippen LogP) is 5.38. The van der Waals surface area contributed by atoms with Crippen LogP contribution in [0.5, 0.6) is 0 Å². The van der Waals surface area contributed by atoms with Gasteiger partial charge in [-0.25, -0.2) is 0 Å². The molecule has 0 heterocycles. The van der Waals surface area contributed by atoms with Crippen LogP contribution in [0.25, 0.3) is 0 Å². The van der Waals surface area contributed by atoms with Gasteiger partial charge < -0.3 is 5.32 Å². The first kappa shape index (κ1) is 18.3. The van der Waals surface area contributed by atoms with E-state index < -0.39 is 0 Å². The highest BCUT2D eigenvalue weighted by Gasteiger charge is 2.60. The maximum atomic E-state index is 13.5. The van der Waals surface area contributed by atoms with Gasteiger partial charge in [-0.2, -0.15) is 0 Å². The maximum absolute atomic E-state index is 13.5. The molecule has 0 saturated heterocycles. The van der Waals surface area contributed by atoms with Crippen LogP contribution >= 0.6 is 0 Å². The molecule has 0 aromatic heterocycles. The van der Waals surface area contributed by atoms with Crippen molar-refractivity contribution in [1.29, 1.82) is 0 Å². The third-order valence-corrected chi connectivity index (χ3v) is 7.54. The third kappa shape index (κ3) is 3.04. The Bertz CT molecular complexity index is 951. The van der Waals surface area contributed by atoms with Gasteiger partial charge in [-0.15, -0.1) is 0 Å². The molecule has 150 valence electrons. The van der Waals surface area contributed by atoms with E-state index in [1.54, 1.807) is 12.1 Å². The summed E-state index contributed by atoms with van der Waals surface area (Å²) in [5.74, 6) is 1.28. The Balaban J connectivity index is 1.45. The van der Waals surface area contributed by atoms with Crippen LogP contribution in [-0.4, -0.2) is 10.8 Å². The normalized spacial score (nSPS) is 32.2. The van der Waals surface area contributed by atoms with Crippen molar-refractivity contribution in [2.75, 3.05) is 5.32 Å². The summed E-state index contributed by atoms with van der Waals surface area (Å²) in [6.45, 7) is 2.04. The largest absolute Gasteiger partial charge is 0.326 e. The molecule has 29 heavy (non-hydrogen) atoms. The van der Waals surface area contributed by atoms with E-state index in [-0.39, 0.29) is 27.3 Å². The van der Waals surface area contributed by atoms with Crippen molar-refractivity contribution >= 4 is 17.3 Å². The summed E-state index contributed by atoms with van der Waals surface area (Å²) in [4.78, 5) is 24.2. The highest BCUT2D eigenvalue weighted by atomic mass is 16.6. The van der Waals surface area contributed by atoms with Crippen LogP contribution in [-0.2, 0) is 10.2 Å². The molecule has 4 aliphatic rings. The van der Waals surface area contributed by atoms with Gasteiger partial charge in [-0.1, -0.05) is 29.8 Å². The van der Waals surface area contributed by atoms with Crippen molar-refractivity contribution in [1.82, 2.24) is 0 Å². The molecule has 4 aliphatic carbocycles. The number of non-ortho nitro benzene ring substituents is 1. The first-order valence-corrected chi connectivity index (χ1v) is 10.5. The topological polar surface area (TPSA) is 72.2 Å². The number of hydrogen-bond acceptors (Lipinski definition) is 3. The minimum absolute atomic E-state index is 0.0240. The molecule has 1 N–H and O–H groups in total. The smallest absolute Gasteiger partial charge is 0.269 e. The Hall–Kier alpha value is -2.69. The summed E-state index contributed by atoms with van der Waals surface area (Å²) >= 11 is 0. The fourth-order valence-electron chi connectivity index (χ4n) is 6.70. The number of anilines is 1. The molecule has 2 aromatic rings. The van der Waals surface area contributed by atoms with E-state index in [0.717, 1.165) is 37.8 Å². The first-order chi connectivity index (χ1) is 13.9. The van der Waals surface area contributed by atoms with Crippen molar-refractivity contribution in [3.05, 3.63) is 69.8 Å². The molecule has 4 bridgehead atoms. The predicted molar refractivity (Wildman–Crippen MR) is 112 cm³/mol. The first-order valence-electron chi connectivity index (χ1n) is 10.5. The van der Waals surface area contributed by atoms with Gasteiger partial charge in [0.05, 0.1) is 10.3 Å². The molecule has 0 aliphatic heterocycles. The van der Waals surface area contributed by atoms with Gasteiger partial charge >= 0.3 is 0 Å². The molecule has 0 spiro atoms. The molecule has 6 rings (SSSR count). The van der Waals surface area contributed by atoms with E-state index in [4.69, 9.17) is 0 Å². The van der Waals surface area contributed by atoms with E-state index in [1.807, 2.05) is 43.3 Å². The number of hydrogen-bond donors (Lipinski definition) is 1. The Morgan fingerprint density at radius 3 is 2.21 bits per heavy atom. The van der Waals surface area contributed by atoms with Crippen LogP contribution < -0.4 is 5.32 Å². The molecule has 4 saturated carbocycles. The third-order valence-electron chi connectivity index (χ3n) is 7.54. The van der Waals surface area contributed by atoms with E-state index in [9.17, 15) is 14.9 Å². The zero-order valence-corrected chi connectivity index (χ0v) is 16.7. The Kier molecular flexibility index (Phi) is 4.05. The maximum Gasteiger partial charge on any atom is 0.269 e. The monoisotopic (exact) mass is 390 g/mol. The van der Waals surface area contributed by atoms with Crippen molar-refractivity contribution in [3.8, 4) is 0 Å². The molecular weight excluding hydrogens is 364 g/mol. The van der Waals surface area contributed by atoms with Crippen LogP contribution in [0.3, 0.4) is 0 Å². The lowest BCUT2D eigenvalue weighted by atomic mass is 9.42. The zero-order chi connectivity index (χ0) is 20.2. The second kappa shape index (κ2) is 6.41. The minimum atomic E-state index is -0.347. The number of rotatable bonds is 4. The summed E-state index contributed by atoms with van der Waals surface area (Å²) in [6.07, 6.45) is 6.20. The molecule has 2 atom stereocenters. The average molecular weight is 390 g/mol. The molecular formula is C24H26N2O3. The molecule has 2 aromatic carbocycles. The Morgan fingerprint density at radius 1 is 1.00 bits per heavy atom. The fraction of sp³-hybridized carbons (Fsp3) is 0.458. The summed E-state index contributed by atoms with van der Waals surface area (Å²) < 4.78 is 0.